The average molecular weight is 433 g/mol. The molecule has 5 rings (SSSR count). The first-order valence-corrected chi connectivity index (χ1v) is 10.4. The van der Waals surface area contributed by atoms with Crippen molar-refractivity contribution in [2.75, 3.05) is 5.32 Å². The molecule has 0 saturated heterocycles. The lowest BCUT2D eigenvalue weighted by atomic mass is 10.1. The molecule has 0 aliphatic rings. The van der Waals surface area contributed by atoms with Crippen molar-refractivity contribution in [3.05, 3.63) is 89.3 Å². The molecule has 3 heterocycles. The summed E-state index contributed by atoms with van der Waals surface area (Å²) in [6.45, 7) is 0. The number of benzene rings is 2. The second-order valence-corrected chi connectivity index (χ2v) is 7.96. The van der Waals surface area contributed by atoms with Crippen LogP contribution in [-0.4, -0.2) is 15.0 Å². The van der Waals surface area contributed by atoms with E-state index in [4.69, 9.17) is 21.6 Å². The predicted molar refractivity (Wildman–Crippen MR) is 121 cm³/mol. The maximum atomic E-state index is 13.6. The van der Waals surface area contributed by atoms with Crippen molar-refractivity contribution in [1.29, 1.82) is 0 Å². The van der Waals surface area contributed by atoms with E-state index in [0.29, 0.717) is 17.3 Å². The van der Waals surface area contributed by atoms with Crippen molar-refractivity contribution in [3.63, 3.8) is 0 Å². The Morgan fingerprint density at radius 3 is 2.63 bits per heavy atom. The molecule has 2 aromatic carbocycles. The van der Waals surface area contributed by atoms with E-state index in [2.05, 4.69) is 22.4 Å². The third-order valence-electron chi connectivity index (χ3n) is 4.60. The first-order chi connectivity index (χ1) is 14.7. The number of rotatable bonds is 4. The Bertz CT molecular complexity index is 1340. The van der Waals surface area contributed by atoms with Gasteiger partial charge in [0, 0.05) is 33.9 Å². The van der Waals surface area contributed by atoms with Crippen molar-refractivity contribution in [2.45, 2.75) is 0 Å². The molecule has 146 valence electrons. The van der Waals surface area contributed by atoms with Crippen molar-refractivity contribution >= 4 is 45.3 Å². The lowest BCUT2D eigenvalue weighted by Crippen LogP contribution is -2.00. The maximum absolute atomic E-state index is 13.6. The molecule has 30 heavy (non-hydrogen) atoms. The number of halogens is 2. The van der Waals surface area contributed by atoms with Crippen LogP contribution in [0.1, 0.15) is 0 Å². The van der Waals surface area contributed by atoms with Crippen LogP contribution in [-0.2, 0) is 0 Å². The molecule has 7 heteroatoms. The second-order valence-electron chi connectivity index (χ2n) is 6.60. The quantitative estimate of drug-likeness (QED) is 0.333. The predicted octanol–water partition coefficient (Wildman–Crippen LogP) is 6.96. The van der Waals surface area contributed by atoms with Crippen LogP contribution in [0.3, 0.4) is 0 Å². The van der Waals surface area contributed by atoms with E-state index in [1.54, 1.807) is 29.8 Å². The Balaban J connectivity index is 1.68. The Morgan fingerprint density at radius 2 is 1.87 bits per heavy atom. The Hall–Kier alpha value is -3.35. The van der Waals surface area contributed by atoms with Crippen molar-refractivity contribution in [2.24, 2.45) is 0 Å². The monoisotopic (exact) mass is 432 g/mol. The number of pyridine rings is 1. The summed E-state index contributed by atoms with van der Waals surface area (Å²) in [7, 11) is 0. The largest absolute Gasteiger partial charge is 0.340 e. The average Bonchev–Trinajstić information content (AvgIpc) is 3.31. The van der Waals surface area contributed by atoms with Crippen LogP contribution >= 0.6 is 22.9 Å². The molecule has 0 atom stereocenters. The fourth-order valence-corrected chi connectivity index (χ4v) is 4.06. The first kappa shape index (κ1) is 18.7. The fourth-order valence-electron chi connectivity index (χ4n) is 3.15. The molecule has 0 fully saturated rings. The van der Waals surface area contributed by atoms with Gasteiger partial charge in [0.15, 0.2) is 5.82 Å². The summed E-state index contributed by atoms with van der Waals surface area (Å²) in [6, 6.07) is 18.4. The van der Waals surface area contributed by atoms with E-state index < -0.39 is 5.82 Å². The van der Waals surface area contributed by atoms with Gasteiger partial charge in [0.2, 0.25) is 0 Å². The summed E-state index contributed by atoms with van der Waals surface area (Å²) in [4.78, 5) is 14.8. The molecular formula is C23H14ClFN4S. The molecule has 1 N–H and O–H groups in total. The van der Waals surface area contributed by atoms with Crippen LogP contribution in [0.25, 0.3) is 32.7 Å². The number of aromatic nitrogens is 3. The maximum Gasteiger partial charge on any atom is 0.163 e. The molecule has 4 nitrogen and oxygen atoms in total. The number of hydrogen-bond donors (Lipinski definition) is 1. The van der Waals surface area contributed by atoms with Gasteiger partial charge >= 0.3 is 0 Å². The molecule has 0 aliphatic carbocycles. The minimum atomic E-state index is -0.467. The van der Waals surface area contributed by atoms with Crippen molar-refractivity contribution in [3.8, 4) is 21.8 Å². The number of thiophene rings is 1. The molecule has 0 amide bonds. The van der Waals surface area contributed by atoms with E-state index >= 15 is 0 Å². The lowest BCUT2D eigenvalue weighted by Gasteiger charge is -2.12. The highest BCUT2D eigenvalue weighted by atomic mass is 35.5. The van der Waals surface area contributed by atoms with E-state index in [0.717, 1.165) is 26.9 Å². The summed E-state index contributed by atoms with van der Waals surface area (Å²) in [5.41, 5.74) is 3.32. The van der Waals surface area contributed by atoms with E-state index in [1.165, 1.54) is 12.1 Å². The molecule has 0 unspecified atom stereocenters. The van der Waals surface area contributed by atoms with Crippen LogP contribution < -0.4 is 5.32 Å². The summed E-state index contributed by atoms with van der Waals surface area (Å²) >= 11 is 7.63. The molecule has 0 bridgehead atoms. The molecule has 0 radical (unpaired) electrons. The van der Waals surface area contributed by atoms with Gasteiger partial charge in [-0.05, 0) is 59.5 Å². The summed E-state index contributed by atoms with van der Waals surface area (Å²) in [5, 5.41) is 6.22. The van der Waals surface area contributed by atoms with Crippen LogP contribution in [0.15, 0.2) is 78.4 Å². The number of nitrogens with zero attached hydrogens (tertiary/aromatic N) is 3. The minimum Gasteiger partial charge on any atom is -0.340 e. The summed E-state index contributed by atoms with van der Waals surface area (Å²) in [6.07, 6.45) is 3.43. The minimum absolute atomic E-state index is 0.0464. The van der Waals surface area contributed by atoms with Gasteiger partial charge in [0.1, 0.15) is 11.6 Å². The van der Waals surface area contributed by atoms with Gasteiger partial charge in [0.05, 0.1) is 10.5 Å². The zero-order chi connectivity index (χ0) is 20.5. The fraction of sp³-hybridized carbons (Fsp3) is 0. The smallest absolute Gasteiger partial charge is 0.163 e. The molecule has 5 aromatic rings. The standard InChI is InChI=1S/C23H14ClFN4S/c24-18-12-16(6-7-19(18)25)27-23-17-11-14(21-4-2-10-30-21)5-8-20(17)28-22(29-23)15-3-1-9-26-13-15/h1-13H,(H,27,28,29). The van der Waals surface area contributed by atoms with Crippen molar-refractivity contribution < 1.29 is 4.39 Å². The molecule has 0 aliphatic heterocycles. The molecule has 0 spiro atoms. The van der Waals surface area contributed by atoms with Gasteiger partial charge in [-0.3, -0.25) is 4.98 Å². The highest BCUT2D eigenvalue weighted by molar-refractivity contribution is 7.13. The van der Waals surface area contributed by atoms with Crippen LogP contribution in [0.5, 0.6) is 0 Å². The highest BCUT2D eigenvalue weighted by Gasteiger charge is 2.12. The Kier molecular flexibility index (Phi) is 4.86. The van der Waals surface area contributed by atoms with Gasteiger partial charge in [-0.2, -0.15) is 0 Å². The third kappa shape index (κ3) is 3.63. The summed E-state index contributed by atoms with van der Waals surface area (Å²) < 4.78 is 13.6. The van der Waals surface area contributed by atoms with E-state index in [-0.39, 0.29) is 5.02 Å². The Morgan fingerprint density at radius 1 is 0.933 bits per heavy atom. The molecular weight excluding hydrogens is 419 g/mol. The van der Waals surface area contributed by atoms with E-state index in [9.17, 15) is 4.39 Å². The Labute approximate surface area is 181 Å². The normalized spacial score (nSPS) is 11.0. The number of fused-ring (bicyclic) bond motifs is 1. The van der Waals surface area contributed by atoms with Gasteiger partial charge in [-0.15, -0.1) is 11.3 Å². The van der Waals surface area contributed by atoms with Gasteiger partial charge in [-0.1, -0.05) is 23.7 Å². The van der Waals surface area contributed by atoms with E-state index in [1.807, 2.05) is 35.7 Å². The zero-order valence-electron chi connectivity index (χ0n) is 15.5. The van der Waals surface area contributed by atoms with Gasteiger partial charge < -0.3 is 5.32 Å². The van der Waals surface area contributed by atoms with Crippen LogP contribution in [0.2, 0.25) is 5.02 Å². The van der Waals surface area contributed by atoms with Gasteiger partial charge in [0.25, 0.3) is 0 Å². The number of anilines is 2. The second kappa shape index (κ2) is 7.82. The third-order valence-corrected chi connectivity index (χ3v) is 5.81. The molecule has 0 saturated carbocycles. The first-order valence-electron chi connectivity index (χ1n) is 9.15. The van der Waals surface area contributed by atoms with Gasteiger partial charge in [-0.25, -0.2) is 14.4 Å². The lowest BCUT2D eigenvalue weighted by molar-refractivity contribution is 0.628. The SMILES string of the molecule is Fc1ccc(Nc2nc(-c3cccnc3)nc3ccc(-c4cccs4)cc23)cc1Cl. The van der Waals surface area contributed by atoms with Crippen molar-refractivity contribution in [1.82, 2.24) is 15.0 Å². The number of nitrogens with one attached hydrogen (secondary N) is 1. The molecule has 3 aromatic heterocycles. The van der Waals surface area contributed by atoms with Crippen LogP contribution in [0, 0.1) is 5.82 Å². The topological polar surface area (TPSA) is 50.7 Å². The highest BCUT2D eigenvalue weighted by Crippen LogP contribution is 2.33. The van der Waals surface area contributed by atoms with Crippen LogP contribution in [0.4, 0.5) is 15.9 Å². The number of hydrogen-bond acceptors (Lipinski definition) is 5. The summed E-state index contributed by atoms with van der Waals surface area (Å²) in [5.74, 6) is 0.695. The zero-order valence-corrected chi connectivity index (χ0v) is 17.1.